The minimum absolute atomic E-state index is 0.0940. The normalized spacial score (nSPS) is 22.2. The zero-order valence-corrected chi connectivity index (χ0v) is 11.8. The van der Waals surface area contributed by atoms with E-state index in [1.807, 2.05) is 6.92 Å². The summed E-state index contributed by atoms with van der Waals surface area (Å²) in [7, 11) is -3.45. The van der Waals surface area contributed by atoms with Gasteiger partial charge in [-0.25, -0.2) is 8.42 Å². The molecule has 1 aromatic heterocycles. The molecule has 1 aliphatic rings. The van der Waals surface area contributed by atoms with Gasteiger partial charge >= 0.3 is 0 Å². The fourth-order valence-corrected chi connectivity index (χ4v) is 4.99. The molecule has 0 aromatic carbocycles. The Morgan fingerprint density at radius 2 is 2.33 bits per heavy atom. The Labute approximate surface area is 111 Å². The van der Waals surface area contributed by atoms with Gasteiger partial charge < -0.3 is 9.84 Å². The second-order valence-corrected chi connectivity index (χ2v) is 7.42. The highest BCUT2D eigenvalue weighted by molar-refractivity contribution is 7.91. The number of aliphatic hydroxyl groups excluding tert-OH is 1. The predicted molar refractivity (Wildman–Crippen MR) is 69.0 cm³/mol. The standard InChI is InChI=1S/C11H17NO4S2/c1-2-9-8-16-6-5-12(9)18(14,15)11-4-3-10(7-13)17-11/h3-4,9,13H,2,5-8H2,1H3. The number of aliphatic hydroxyl groups is 1. The van der Waals surface area contributed by atoms with Crippen LogP contribution in [-0.2, 0) is 21.4 Å². The van der Waals surface area contributed by atoms with Crippen LogP contribution < -0.4 is 0 Å². The highest BCUT2D eigenvalue weighted by Crippen LogP contribution is 2.27. The van der Waals surface area contributed by atoms with Gasteiger partial charge in [0.25, 0.3) is 10.0 Å². The number of hydrogen-bond acceptors (Lipinski definition) is 5. The number of thiophene rings is 1. The Hall–Kier alpha value is -0.470. The van der Waals surface area contributed by atoms with Crippen LogP contribution in [0.25, 0.3) is 0 Å². The molecular weight excluding hydrogens is 274 g/mol. The predicted octanol–water partition coefficient (Wildman–Crippen LogP) is 1.04. The molecule has 5 nitrogen and oxygen atoms in total. The second kappa shape index (κ2) is 5.66. The lowest BCUT2D eigenvalue weighted by Gasteiger charge is -2.33. The number of hydrogen-bond donors (Lipinski definition) is 1. The molecule has 2 rings (SSSR count). The molecule has 1 N–H and O–H groups in total. The third kappa shape index (κ3) is 2.60. The zero-order chi connectivity index (χ0) is 13.2. The number of sulfonamides is 1. The molecule has 0 saturated carbocycles. The van der Waals surface area contributed by atoms with Crippen LogP contribution in [0, 0.1) is 0 Å². The van der Waals surface area contributed by atoms with E-state index in [0.29, 0.717) is 28.8 Å². The molecule has 1 atom stereocenters. The number of nitrogens with zero attached hydrogens (tertiary/aromatic N) is 1. The highest BCUT2D eigenvalue weighted by atomic mass is 32.2. The fourth-order valence-electron chi connectivity index (χ4n) is 1.97. The maximum absolute atomic E-state index is 12.5. The van der Waals surface area contributed by atoms with Gasteiger partial charge in [-0.15, -0.1) is 11.3 Å². The van der Waals surface area contributed by atoms with E-state index in [-0.39, 0.29) is 12.6 Å². The molecule has 7 heteroatoms. The average molecular weight is 291 g/mol. The van der Waals surface area contributed by atoms with E-state index in [1.165, 1.54) is 4.31 Å². The molecule has 0 spiro atoms. The van der Waals surface area contributed by atoms with Crippen molar-refractivity contribution in [1.29, 1.82) is 0 Å². The van der Waals surface area contributed by atoms with Gasteiger partial charge in [0.1, 0.15) is 4.21 Å². The average Bonchev–Trinajstić information content (AvgIpc) is 2.88. The van der Waals surface area contributed by atoms with E-state index >= 15 is 0 Å². The van der Waals surface area contributed by atoms with Crippen molar-refractivity contribution in [2.45, 2.75) is 30.2 Å². The lowest BCUT2D eigenvalue weighted by Crippen LogP contribution is -2.48. The van der Waals surface area contributed by atoms with Crippen LogP contribution in [0.4, 0.5) is 0 Å². The van der Waals surface area contributed by atoms with Crippen molar-refractivity contribution >= 4 is 21.4 Å². The Morgan fingerprint density at radius 1 is 1.56 bits per heavy atom. The number of ether oxygens (including phenoxy) is 1. The molecule has 2 heterocycles. The first-order chi connectivity index (χ1) is 8.59. The second-order valence-electron chi connectivity index (χ2n) is 4.13. The summed E-state index contributed by atoms with van der Waals surface area (Å²) < 4.78 is 32.1. The van der Waals surface area contributed by atoms with Crippen molar-refractivity contribution in [3.63, 3.8) is 0 Å². The Bertz CT molecular complexity index is 497. The Kier molecular flexibility index (Phi) is 4.39. The smallest absolute Gasteiger partial charge is 0.252 e. The SMILES string of the molecule is CCC1COCCN1S(=O)(=O)c1ccc(CO)s1. The third-order valence-corrected chi connectivity index (χ3v) is 6.49. The maximum atomic E-state index is 12.5. The van der Waals surface area contributed by atoms with Crippen LogP contribution in [-0.4, -0.2) is 43.6 Å². The lowest BCUT2D eigenvalue weighted by molar-refractivity contribution is 0.0315. The van der Waals surface area contributed by atoms with Crippen molar-refractivity contribution < 1.29 is 18.3 Å². The van der Waals surface area contributed by atoms with Crippen LogP contribution >= 0.6 is 11.3 Å². The molecule has 0 amide bonds. The van der Waals surface area contributed by atoms with E-state index in [9.17, 15) is 8.42 Å². The van der Waals surface area contributed by atoms with Crippen molar-refractivity contribution in [1.82, 2.24) is 4.31 Å². The van der Waals surface area contributed by atoms with E-state index < -0.39 is 10.0 Å². The molecule has 1 saturated heterocycles. The van der Waals surface area contributed by atoms with Crippen LogP contribution in [0.3, 0.4) is 0 Å². The van der Waals surface area contributed by atoms with Gasteiger partial charge in [0.15, 0.2) is 0 Å². The molecule has 18 heavy (non-hydrogen) atoms. The first-order valence-corrected chi connectivity index (χ1v) is 8.14. The molecule has 0 aliphatic carbocycles. The number of rotatable bonds is 4. The maximum Gasteiger partial charge on any atom is 0.252 e. The molecule has 1 fully saturated rings. The molecule has 1 aliphatic heterocycles. The topological polar surface area (TPSA) is 66.8 Å². The summed E-state index contributed by atoms with van der Waals surface area (Å²) in [6.07, 6.45) is 0.734. The molecule has 1 unspecified atom stereocenters. The van der Waals surface area contributed by atoms with Gasteiger partial charge in [-0.05, 0) is 18.6 Å². The summed E-state index contributed by atoms with van der Waals surface area (Å²) in [4.78, 5) is 0.662. The van der Waals surface area contributed by atoms with Crippen molar-refractivity contribution in [3.05, 3.63) is 17.0 Å². The minimum Gasteiger partial charge on any atom is -0.391 e. The van der Waals surface area contributed by atoms with Crippen molar-refractivity contribution in [2.75, 3.05) is 19.8 Å². The van der Waals surface area contributed by atoms with Crippen LogP contribution in [0.2, 0.25) is 0 Å². The van der Waals surface area contributed by atoms with Gasteiger partial charge in [0.05, 0.1) is 19.8 Å². The largest absolute Gasteiger partial charge is 0.391 e. The summed E-state index contributed by atoms with van der Waals surface area (Å²) in [6.45, 7) is 3.12. The summed E-state index contributed by atoms with van der Waals surface area (Å²) in [6, 6.07) is 3.12. The monoisotopic (exact) mass is 291 g/mol. The van der Waals surface area contributed by atoms with Crippen LogP contribution in [0.5, 0.6) is 0 Å². The van der Waals surface area contributed by atoms with Gasteiger partial charge in [0, 0.05) is 17.5 Å². The minimum atomic E-state index is -3.45. The van der Waals surface area contributed by atoms with E-state index in [4.69, 9.17) is 9.84 Å². The van der Waals surface area contributed by atoms with Gasteiger partial charge in [-0.2, -0.15) is 4.31 Å². The zero-order valence-electron chi connectivity index (χ0n) is 10.2. The molecule has 102 valence electrons. The van der Waals surface area contributed by atoms with Gasteiger partial charge in [0.2, 0.25) is 0 Å². The quantitative estimate of drug-likeness (QED) is 0.900. The van der Waals surface area contributed by atoms with Crippen LogP contribution in [0.15, 0.2) is 16.3 Å². The Morgan fingerprint density at radius 3 is 2.94 bits per heavy atom. The first kappa shape index (κ1) is 14.0. The third-order valence-electron chi connectivity index (χ3n) is 3.00. The first-order valence-electron chi connectivity index (χ1n) is 5.88. The van der Waals surface area contributed by atoms with E-state index in [1.54, 1.807) is 12.1 Å². The summed E-state index contributed by atoms with van der Waals surface area (Å²) in [5.74, 6) is 0. The fraction of sp³-hybridized carbons (Fsp3) is 0.636. The van der Waals surface area contributed by atoms with E-state index in [2.05, 4.69) is 0 Å². The molecular formula is C11H17NO4S2. The number of morpholine rings is 1. The van der Waals surface area contributed by atoms with Crippen molar-refractivity contribution in [2.24, 2.45) is 0 Å². The van der Waals surface area contributed by atoms with E-state index in [0.717, 1.165) is 17.8 Å². The van der Waals surface area contributed by atoms with Gasteiger partial charge in [-0.3, -0.25) is 0 Å². The molecule has 0 radical (unpaired) electrons. The lowest BCUT2D eigenvalue weighted by atomic mass is 10.2. The Balaban J connectivity index is 2.28. The molecule has 0 bridgehead atoms. The summed E-state index contributed by atoms with van der Waals surface area (Å²) in [5, 5.41) is 9.01. The summed E-state index contributed by atoms with van der Waals surface area (Å²) >= 11 is 1.13. The van der Waals surface area contributed by atoms with Crippen LogP contribution in [0.1, 0.15) is 18.2 Å². The highest BCUT2D eigenvalue weighted by Gasteiger charge is 2.33. The van der Waals surface area contributed by atoms with Gasteiger partial charge in [-0.1, -0.05) is 6.92 Å². The summed E-state index contributed by atoms with van der Waals surface area (Å²) in [5.41, 5.74) is 0. The molecule has 1 aromatic rings. The van der Waals surface area contributed by atoms with Crippen molar-refractivity contribution in [3.8, 4) is 0 Å².